The monoisotopic (exact) mass is 186 g/mol. The van der Waals surface area contributed by atoms with E-state index in [2.05, 4.69) is 6.92 Å². The fraction of sp³-hybridized carbons (Fsp3) is 1.00. The highest BCUT2D eigenvalue weighted by atomic mass is 16.5. The van der Waals surface area contributed by atoms with E-state index in [4.69, 9.17) is 4.74 Å². The molecule has 0 heterocycles. The summed E-state index contributed by atoms with van der Waals surface area (Å²) in [7, 11) is 0. The predicted molar refractivity (Wildman–Crippen MR) is 53.7 cm³/mol. The third kappa shape index (κ3) is 2.44. The lowest BCUT2D eigenvalue weighted by Gasteiger charge is -2.41. The standard InChI is InChI=1S/C11H22O2/c1-4-13-11(10(3)12)7-5-9(2)6-8-11/h9-10,12H,4-8H2,1-3H3. The maximum absolute atomic E-state index is 9.72. The first-order chi connectivity index (χ1) is 6.10. The summed E-state index contributed by atoms with van der Waals surface area (Å²) in [4.78, 5) is 0. The van der Waals surface area contributed by atoms with Crippen LogP contribution < -0.4 is 0 Å². The summed E-state index contributed by atoms with van der Waals surface area (Å²) in [6.07, 6.45) is 4.06. The molecule has 78 valence electrons. The van der Waals surface area contributed by atoms with Gasteiger partial charge in [-0.1, -0.05) is 6.92 Å². The number of ether oxygens (including phenoxy) is 1. The molecule has 1 rings (SSSR count). The van der Waals surface area contributed by atoms with Crippen LogP contribution >= 0.6 is 0 Å². The summed E-state index contributed by atoms with van der Waals surface area (Å²) in [5.74, 6) is 0.798. The van der Waals surface area contributed by atoms with Gasteiger partial charge < -0.3 is 9.84 Å². The number of hydrogen-bond donors (Lipinski definition) is 1. The summed E-state index contributed by atoms with van der Waals surface area (Å²) >= 11 is 0. The molecular weight excluding hydrogens is 164 g/mol. The zero-order valence-corrected chi connectivity index (χ0v) is 9.05. The van der Waals surface area contributed by atoms with E-state index in [1.54, 1.807) is 0 Å². The van der Waals surface area contributed by atoms with Crippen molar-refractivity contribution in [3.8, 4) is 0 Å². The maximum Gasteiger partial charge on any atom is 0.0937 e. The third-order valence-corrected chi connectivity index (χ3v) is 3.31. The molecule has 0 aromatic carbocycles. The molecule has 1 unspecified atom stereocenters. The van der Waals surface area contributed by atoms with Crippen LogP contribution in [-0.4, -0.2) is 23.4 Å². The average Bonchev–Trinajstić information content (AvgIpc) is 2.09. The Morgan fingerprint density at radius 3 is 2.38 bits per heavy atom. The van der Waals surface area contributed by atoms with Crippen molar-refractivity contribution in [2.75, 3.05) is 6.61 Å². The van der Waals surface area contributed by atoms with Gasteiger partial charge in [-0.15, -0.1) is 0 Å². The summed E-state index contributed by atoms with van der Waals surface area (Å²) in [5, 5.41) is 9.72. The molecule has 2 nitrogen and oxygen atoms in total. The van der Waals surface area contributed by atoms with Crippen LogP contribution in [0.2, 0.25) is 0 Å². The van der Waals surface area contributed by atoms with E-state index in [0.717, 1.165) is 18.8 Å². The molecule has 0 saturated heterocycles. The summed E-state index contributed by atoms with van der Waals surface area (Å²) < 4.78 is 5.73. The van der Waals surface area contributed by atoms with Crippen LogP contribution in [0.5, 0.6) is 0 Å². The number of aliphatic hydroxyl groups excluding tert-OH is 1. The van der Waals surface area contributed by atoms with Gasteiger partial charge in [0.15, 0.2) is 0 Å². The molecule has 0 amide bonds. The molecule has 1 N–H and O–H groups in total. The number of hydrogen-bond acceptors (Lipinski definition) is 2. The molecule has 1 aliphatic carbocycles. The topological polar surface area (TPSA) is 29.5 Å². The predicted octanol–water partition coefficient (Wildman–Crippen LogP) is 2.35. The highest BCUT2D eigenvalue weighted by molar-refractivity contribution is 4.90. The quantitative estimate of drug-likeness (QED) is 0.733. The van der Waals surface area contributed by atoms with Crippen molar-refractivity contribution in [3.05, 3.63) is 0 Å². The maximum atomic E-state index is 9.72. The van der Waals surface area contributed by atoms with Crippen molar-refractivity contribution in [1.82, 2.24) is 0 Å². The van der Waals surface area contributed by atoms with E-state index in [9.17, 15) is 5.11 Å². The highest BCUT2D eigenvalue weighted by Gasteiger charge is 2.38. The Bertz CT molecular complexity index is 146. The summed E-state index contributed by atoms with van der Waals surface area (Å²) in [5.41, 5.74) is -0.235. The first-order valence-corrected chi connectivity index (χ1v) is 5.43. The van der Waals surface area contributed by atoms with Crippen LogP contribution in [-0.2, 0) is 4.74 Å². The van der Waals surface area contributed by atoms with Crippen LogP contribution in [0.25, 0.3) is 0 Å². The van der Waals surface area contributed by atoms with Crippen molar-refractivity contribution in [3.63, 3.8) is 0 Å². The van der Waals surface area contributed by atoms with E-state index in [-0.39, 0.29) is 11.7 Å². The molecule has 1 fully saturated rings. The van der Waals surface area contributed by atoms with Crippen molar-refractivity contribution in [2.24, 2.45) is 5.92 Å². The fourth-order valence-electron chi connectivity index (χ4n) is 2.22. The van der Waals surface area contributed by atoms with Gasteiger partial charge in [-0.3, -0.25) is 0 Å². The first-order valence-electron chi connectivity index (χ1n) is 5.43. The van der Waals surface area contributed by atoms with Crippen molar-refractivity contribution < 1.29 is 9.84 Å². The Hall–Kier alpha value is -0.0800. The third-order valence-electron chi connectivity index (χ3n) is 3.31. The van der Waals surface area contributed by atoms with Gasteiger partial charge in [0, 0.05) is 6.61 Å². The second-order valence-electron chi connectivity index (χ2n) is 4.36. The lowest BCUT2D eigenvalue weighted by atomic mass is 9.77. The molecule has 1 saturated carbocycles. The molecule has 13 heavy (non-hydrogen) atoms. The zero-order chi connectivity index (χ0) is 9.90. The minimum Gasteiger partial charge on any atom is -0.390 e. The van der Waals surface area contributed by atoms with Crippen LogP contribution in [0.3, 0.4) is 0 Å². The van der Waals surface area contributed by atoms with Gasteiger partial charge in [0.1, 0.15) is 0 Å². The average molecular weight is 186 g/mol. The largest absolute Gasteiger partial charge is 0.390 e. The van der Waals surface area contributed by atoms with Gasteiger partial charge >= 0.3 is 0 Å². The Kier molecular flexibility index (Phi) is 3.74. The summed E-state index contributed by atoms with van der Waals surface area (Å²) in [6, 6.07) is 0. The number of rotatable bonds is 3. The van der Waals surface area contributed by atoms with E-state index >= 15 is 0 Å². The normalized spacial score (nSPS) is 37.4. The molecule has 0 aliphatic heterocycles. The van der Waals surface area contributed by atoms with Crippen LogP contribution in [0.15, 0.2) is 0 Å². The Labute approximate surface area is 81.3 Å². The molecule has 0 aromatic heterocycles. The van der Waals surface area contributed by atoms with Gasteiger partial charge in [0.05, 0.1) is 11.7 Å². The van der Waals surface area contributed by atoms with Crippen molar-refractivity contribution in [2.45, 2.75) is 58.2 Å². The Balaban J connectivity index is 2.58. The molecule has 0 aromatic rings. The minimum absolute atomic E-state index is 0.235. The highest BCUT2D eigenvalue weighted by Crippen LogP contribution is 2.37. The minimum atomic E-state index is -0.333. The molecule has 2 heteroatoms. The molecule has 1 atom stereocenters. The van der Waals surface area contributed by atoms with Crippen LogP contribution in [0, 0.1) is 5.92 Å². The van der Waals surface area contributed by atoms with E-state index in [0.29, 0.717) is 6.61 Å². The molecule has 0 spiro atoms. The first kappa shape index (κ1) is 11.0. The lowest BCUT2D eigenvalue weighted by Crippen LogP contribution is -2.46. The summed E-state index contributed by atoms with van der Waals surface area (Å²) in [6.45, 7) is 6.84. The van der Waals surface area contributed by atoms with Crippen molar-refractivity contribution >= 4 is 0 Å². The van der Waals surface area contributed by atoms with Gasteiger partial charge in [0.25, 0.3) is 0 Å². The van der Waals surface area contributed by atoms with Crippen LogP contribution in [0.1, 0.15) is 46.5 Å². The SMILES string of the molecule is CCOC1(C(C)O)CCC(C)CC1. The van der Waals surface area contributed by atoms with Crippen LogP contribution in [0.4, 0.5) is 0 Å². The van der Waals surface area contributed by atoms with Gasteiger partial charge in [-0.2, -0.15) is 0 Å². The van der Waals surface area contributed by atoms with Gasteiger partial charge in [-0.05, 0) is 45.4 Å². The molecular formula is C11H22O2. The number of aliphatic hydroxyl groups is 1. The fourth-order valence-corrected chi connectivity index (χ4v) is 2.22. The lowest BCUT2D eigenvalue weighted by molar-refractivity contribution is -0.137. The van der Waals surface area contributed by atoms with Gasteiger partial charge in [-0.25, -0.2) is 0 Å². The Morgan fingerprint density at radius 2 is 2.00 bits per heavy atom. The van der Waals surface area contributed by atoms with Gasteiger partial charge in [0.2, 0.25) is 0 Å². The van der Waals surface area contributed by atoms with Crippen molar-refractivity contribution in [1.29, 1.82) is 0 Å². The molecule has 0 radical (unpaired) electrons. The second-order valence-corrected chi connectivity index (χ2v) is 4.36. The molecule has 1 aliphatic rings. The van der Waals surface area contributed by atoms with E-state index in [1.165, 1.54) is 12.8 Å². The Morgan fingerprint density at radius 1 is 1.46 bits per heavy atom. The van der Waals surface area contributed by atoms with E-state index < -0.39 is 0 Å². The smallest absolute Gasteiger partial charge is 0.0937 e. The zero-order valence-electron chi connectivity index (χ0n) is 9.05. The van der Waals surface area contributed by atoms with E-state index in [1.807, 2.05) is 13.8 Å². The second kappa shape index (κ2) is 4.43. The molecule has 0 bridgehead atoms.